The Morgan fingerprint density at radius 2 is 1.60 bits per heavy atom. The molecule has 300 valence electrons. The van der Waals surface area contributed by atoms with Crippen molar-refractivity contribution >= 4 is 23.5 Å². The zero-order valence-electron chi connectivity index (χ0n) is 31.6. The zero-order valence-corrected chi connectivity index (χ0v) is 31.6. The van der Waals surface area contributed by atoms with Gasteiger partial charge in [0, 0.05) is 88.3 Å². The van der Waals surface area contributed by atoms with Crippen LogP contribution >= 0.6 is 0 Å². The highest BCUT2D eigenvalue weighted by Crippen LogP contribution is 2.47. The van der Waals surface area contributed by atoms with Crippen molar-refractivity contribution in [2.75, 3.05) is 71.5 Å². The lowest BCUT2D eigenvalue weighted by Crippen LogP contribution is -2.50. The molecule has 10 nitrogen and oxygen atoms in total. The molecule has 4 saturated heterocycles. The van der Waals surface area contributed by atoms with E-state index >= 15 is 4.39 Å². The highest BCUT2D eigenvalue weighted by molar-refractivity contribution is 5.88. The molecule has 5 atom stereocenters. The second-order valence-electron chi connectivity index (χ2n) is 16.1. The molecule has 0 aromatic heterocycles. The number of alkyl halides is 4. The number of halogens is 4. The van der Waals surface area contributed by atoms with Crippen molar-refractivity contribution in [1.82, 2.24) is 14.7 Å². The molecule has 0 unspecified atom stereocenters. The van der Waals surface area contributed by atoms with Crippen molar-refractivity contribution in [3.8, 4) is 5.75 Å². The van der Waals surface area contributed by atoms with E-state index in [9.17, 15) is 32.7 Å². The molecule has 0 bridgehead atoms. The third-order valence-corrected chi connectivity index (χ3v) is 13.0. The number of amides is 2. The molecule has 5 aliphatic rings. The van der Waals surface area contributed by atoms with Crippen LogP contribution in [-0.2, 0) is 25.3 Å². The number of carbonyl (C=O) groups is 3. The smallest absolute Gasteiger partial charge is 0.416 e. The predicted octanol–water partition coefficient (Wildman–Crippen LogP) is 5.94. The Morgan fingerprint density at radius 1 is 0.891 bits per heavy atom. The van der Waals surface area contributed by atoms with Gasteiger partial charge >= 0.3 is 12.1 Å². The molecule has 1 aliphatic carbocycles. The van der Waals surface area contributed by atoms with Crippen LogP contribution in [0.25, 0.3) is 0 Å². The molecule has 5 fully saturated rings. The van der Waals surface area contributed by atoms with Crippen LogP contribution in [0.3, 0.4) is 0 Å². The van der Waals surface area contributed by atoms with Crippen molar-refractivity contribution in [1.29, 1.82) is 0 Å². The Kier molecular flexibility index (Phi) is 11.4. The van der Waals surface area contributed by atoms with Crippen LogP contribution in [-0.4, -0.2) is 122 Å². The monoisotopic (exact) mass is 772 g/mol. The number of aliphatic carboxylic acids is 1. The first-order chi connectivity index (χ1) is 26.3. The average molecular weight is 773 g/mol. The van der Waals surface area contributed by atoms with Gasteiger partial charge in [0.15, 0.2) is 0 Å². The summed E-state index contributed by atoms with van der Waals surface area (Å²) in [5, 5.41) is 9.62. The maximum absolute atomic E-state index is 17.8. The van der Waals surface area contributed by atoms with Crippen LogP contribution in [0.1, 0.15) is 79.9 Å². The number of carboxylic acids is 1. The fourth-order valence-electron chi connectivity index (χ4n) is 10.1. The minimum Gasteiger partial charge on any atom is -0.497 e. The third kappa shape index (κ3) is 7.77. The number of ether oxygens (including phenoxy) is 2. The lowest BCUT2D eigenvalue weighted by atomic mass is 9.85. The second kappa shape index (κ2) is 15.9. The molecule has 4 aliphatic heterocycles. The summed E-state index contributed by atoms with van der Waals surface area (Å²) in [6, 6.07) is 10.3. The van der Waals surface area contributed by atoms with Crippen molar-refractivity contribution < 1.29 is 46.5 Å². The van der Waals surface area contributed by atoms with E-state index in [0.29, 0.717) is 68.9 Å². The van der Waals surface area contributed by atoms with E-state index in [1.54, 1.807) is 31.3 Å². The van der Waals surface area contributed by atoms with E-state index in [1.165, 1.54) is 11.0 Å². The number of nitrogens with zero attached hydrogens (tertiary/aromatic N) is 4. The minimum absolute atomic E-state index is 0.0207. The quantitative estimate of drug-likeness (QED) is 0.296. The summed E-state index contributed by atoms with van der Waals surface area (Å²) < 4.78 is 71.3. The largest absolute Gasteiger partial charge is 0.497 e. The summed E-state index contributed by atoms with van der Waals surface area (Å²) in [6.07, 6.45) is 1.21. The van der Waals surface area contributed by atoms with Gasteiger partial charge in [-0.2, -0.15) is 13.2 Å². The predicted molar refractivity (Wildman–Crippen MR) is 197 cm³/mol. The standard InChI is InChI=1S/C41H52F4N4O6/c1-54-24-28-21-47(39(53)40(42)25-48(30-6-3-4-7-30)23-34(40)26-9-12-31(55-2)13-10-26)22-33(28)32-14-11-29(41(43,44)45)20-36(32)46-18-15-27(16-19-46)37(50)49-17-5-8-35(49)38(51)52/h9-14,20,27-28,30,33-35H,3-8,15-19,21-25H2,1-2H3,(H,51,52)/t28-,33+,34+,35-,40+/m1/s1. The Morgan fingerprint density at radius 3 is 2.24 bits per heavy atom. The number of hydrogen-bond donors (Lipinski definition) is 1. The molecular weight excluding hydrogens is 720 g/mol. The number of benzene rings is 2. The minimum atomic E-state index is -4.60. The fraction of sp³-hybridized carbons (Fsp3) is 0.634. The zero-order chi connectivity index (χ0) is 39.1. The van der Waals surface area contributed by atoms with Gasteiger partial charge in [-0.1, -0.05) is 31.0 Å². The highest BCUT2D eigenvalue weighted by Gasteiger charge is 2.57. The number of likely N-dealkylation sites (tertiary alicyclic amines) is 3. The summed E-state index contributed by atoms with van der Waals surface area (Å²) in [5.41, 5.74) is -1.29. The average Bonchev–Trinajstić information content (AvgIpc) is 4.01. The van der Waals surface area contributed by atoms with Crippen LogP contribution in [0.4, 0.5) is 23.2 Å². The van der Waals surface area contributed by atoms with E-state index < -0.39 is 53.1 Å². The number of carboxylic acid groups (broad SMARTS) is 1. The van der Waals surface area contributed by atoms with Crippen LogP contribution in [0.2, 0.25) is 0 Å². The van der Waals surface area contributed by atoms with E-state index in [4.69, 9.17) is 9.47 Å². The van der Waals surface area contributed by atoms with Gasteiger partial charge in [0.2, 0.25) is 11.6 Å². The number of hydrogen-bond acceptors (Lipinski definition) is 7. The topological polar surface area (TPSA) is 103 Å². The fourth-order valence-corrected chi connectivity index (χ4v) is 10.1. The first-order valence-corrected chi connectivity index (χ1v) is 19.7. The lowest BCUT2D eigenvalue weighted by molar-refractivity contribution is -0.150. The second-order valence-corrected chi connectivity index (χ2v) is 16.1. The van der Waals surface area contributed by atoms with Crippen molar-refractivity contribution in [3.63, 3.8) is 0 Å². The van der Waals surface area contributed by atoms with E-state index in [1.807, 2.05) is 17.0 Å². The molecule has 1 saturated carbocycles. The lowest BCUT2D eigenvalue weighted by Gasteiger charge is -2.37. The third-order valence-electron chi connectivity index (χ3n) is 13.0. The maximum atomic E-state index is 17.8. The Labute approximate surface area is 319 Å². The van der Waals surface area contributed by atoms with E-state index in [0.717, 1.165) is 43.4 Å². The molecule has 2 aromatic carbocycles. The van der Waals surface area contributed by atoms with Gasteiger partial charge in [0.25, 0.3) is 5.91 Å². The molecule has 55 heavy (non-hydrogen) atoms. The summed E-state index contributed by atoms with van der Waals surface area (Å²) in [4.78, 5) is 46.8. The molecule has 1 N–H and O–H groups in total. The Balaban J connectivity index is 1.15. The van der Waals surface area contributed by atoms with Gasteiger partial charge in [-0.15, -0.1) is 0 Å². The van der Waals surface area contributed by atoms with Gasteiger partial charge in [0.05, 0.1) is 19.3 Å². The van der Waals surface area contributed by atoms with E-state index in [2.05, 4.69) is 4.90 Å². The normalized spacial score (nSPS) is 28.4. The number of methoxy groups -OCH3 is 2. The summed E-state index contributed by atoms with van der Waals surface area (Å²) >= 11 is 0. The SMILES string of the molecule is COC[C@H]1CN(C(=O)[C@]2(F)CN(C3CCCC3)C[C@H]2c2ccc(OC)cc2)C[C@@H]1c1ccc(C(F)(F)F)cc1N1CCC(C(=O)N2CCC[C@@H]2C(=O)O)CC1. The van der Waals surface area contributed by atoms with Crippen LogP contribution < -0.4 is 9.64 Å². The molecular formula is C41H52F4N4O6. The van der Waals surface area contributed by atoms with Crippen LogP contribution in [0.5, 0.6) is 5.75 Å². The first-order valence-electron chi connectivity index (χ1n) is 19.7. The molecule has 7 rings (SSSR count). The van der Waals surface area contributed by atoms with E-state index in [-0.39, 0.29) is 44.1 Å². The van der Waals surface area contributed by atoms with Crippen LogP contribution in [0, 0.1) is 11.8 Å². The summed E-state index contributed by atoms with van der Waals surface area (Å²) in [6.45, 7) is 1.91. The molecule has 0 spiro atoms. The number of carbonyl (C=O) groups excluding carboxylic acids is 2. The maximum Gasteiger partial charge on any atom is 0.416 e. The number of anilines is 1. The summed E-state index contributed by atoms with van der Waals surface area (Å²) in [5.74, 6) is -3.09. The summed E-state index contributed by atoms with van der Waals surface area (Å²) in [7, 11) is 3.10. The Bertz CT molecular complexity index is 1710. The van der Waals surface area contributed by atoms with Crippen molar-refractivity contribution in [2.24, 2.45) is 11.8 Å². The van der Waals surface area contributed by atoms with Gasteiger partial charge in [-0.25, -0.2) is 9.18 Å². The highest BCUT2D eigenvalue weighted by atomic mass is 19.4. The molecule has 0 radical (unpaired) electrons. The molecule has 2 aromatic rings. The number of rotatable bonds is 10. The van der Waals surface area contributed by atoms with Gasteiger partial charge < -0.3 is 29.3 Å². The number of piperidine rings is 1. The molecule has 2 amide bonds. The van der Waals surface area contributed by atoms with Gasteiger partial charge in [0.1, 0.15) is 11.8 Å². The van der Waals surface area contributed by atoms with Gasteiger partial charge in [-0.3, -0.25) is 14.5 Å². The van der Waals surface area contributed by atoms with Crippen molar-refractivity contribution in [2.45, 2.75) is 87.1 Å². The van der Waals surface area contributed by atoms with Gasteiger partial charge in [-0.05, 0) is 73.9 Å². The Hall–Kier alpha value is -3.91. The molecule has 4 heterocycles. The van der Waals surface area contributed by atoms with Crippen molar-refractivity contribution in [3.05, 3.63) is 59.2 Å². The first kappa shape index (κ1) is 39.3. The molecule has 14 heteroatoms. The van der Waals surface area contributed by atoms with Crippen LogP contribution in [0.15, 0.2) is 42.5 Å².